The van der Waals surface area contributed by atoms with Gasteiger partial charge in [0, 0.05) is 36.1 Å². The third kappa shape index (κ3) is 3.08. The van der Waals surface area contributed by atoms with Crippen LogP contribution in [0.5, 0.6) is 0 Å². The number of thioether (sulfide) groups is 2. The molecule has 3 heterocycles. The first kappa shape index (κ1) is 15.6. The van der Waals surface area contributed by atoms with Gasteiger partial charge in [0.25, 0.3) is 0 Å². The van der Waals surface area contributed by atoms with Gasteiger partial charge in [-0.05, 0) is 6.42 Å². The minimum atomic E-state index is 0.463. The second-order valence-electron chi connectivity index (χ2n) is 5.33. The van der Waals surface area contributed by atoms with Gasteiger partial charge in [0.15, 0.2) is 5.65 Å². The largest absolute Gasteiger partial charge is 0.311 e. The van der Waals surface area contributed by atoms with Crippen LogP contribution in [-0.2, 0) is 25.9 Å². The molecule has 1 aliphatic rings. The molecule has 1 aliphatic heterocycles. The lowest BCUT2D eigenvalue weighted by atomic mass is 10.2. The van der Waals surface area contributed by atoms with Crippen LogP contribution in [0.15, 0.2) is 0 Å². The van der Waals surface area contributed by atoms with Crippen molar-refractivity contribution < 1.29 is 0 Å². The smallest absolute Gasteiger partial charge is 0.158 e. The van der Waals surface area contributed by atoms with Crippen molar-refractivity contribution in [3.05, 3.63) is 11.5 Å². The molecule has 0 spiro atoms. The highest BCUT2D eigenvalue weighted by Crippen LogP contribution is 2.28. The van der Waals surface area contributed by atoms with Crippen molar-refractivity contribution in [1.82, 2.24) is 19.3 Å². The fourth-order valence-corrected chi connectivity index (χ4v) is 5.69. The standard InChI is InChI=1S/C14H21ClN4S2/c1-3-4-11-13-14(18(2)17-11)19(12(7-15)16-13)8-10-9-20-5-6-21-10/h10H,3-9H2,1-2H3. The SMILES string of the molecule is CCCc1nn(C)c2c1nc(CCl)n2CC1CSCCS1. The van der Waals surface area contributed by atoms with E-state index in [9.17, 15) is 0 Å². The number of rotatable bonds is 5. The first-order chi connectivity index (χ1) is 10.2. The molecule has 0 radical (unpaired) electrons. The van der Waals surface area contributed by atoms with Crippen molar-refractivity contribution in [1.29, 1.82) is 0 Å². The van der Waals surface area contributed by atoms with Crippen LogP contribution >= 0.6 is 35.1 Å². The summed E-state index contributed by atoms with van der Waals surface area (Å²) in [6.45, 7) is 3.16. The quantitative estimate of drug-likeness (QED) is 0.779. The summed E-state index contributed by atoms with van der Waals surface area (Å²) in [7, 11) is 2.01. The summed E-state index contributed by atoms with van der Waals surface area (Å²) < 4.78 is 4.27. The van der Waals surface area contributed by atoms with Gasteiger partial charge in [0.2, 0.25) is 0 Å². The van der Waals surface area contributed by atoms with Gasteiger partial charge in [-0.15, -0.1) is 11.6 Å². The number of halogens is 1. The van der Waals surface area contributed by atoms with E-state index in [1.165, 1.54) is 17.3 Å². The molecule has 7 heteroatoms. The fourth-order valence-electron chi connectivity index (χ4n) is 2.83. The molecule has 0 bridgehead atoms. The molecule has 21 heavy (non-hydrogen) atoms. The van der Waals surface area contributed by atoms with Crippen LogP contribution in [0.3, 0.4) is 0 Å². The summed E-state index contributed by atoms with van der Waals surface area (Å²) in [4.78, 5) is 4.77. The van der Waals surface area contributed by atoms with Crippen LogP contribution in [0.1, 0.15) is 24.9 Å². The maximum Gasteiger partial charge on any atom is 0.158 e. The summed E-state index contributed by atoms with van der Waals surface area (Å²) in [5.41, 5.74) is 3.28. The van der Waals surface area contributed by atoms with Gasteiger partial charge in [0.1, 0.15) is 11.3 Å². The van der Waals surface area contributed by atoms with E-state index in [4.69, 9.17) is 16.6 Å². The van der Waals surface area contributed by atoms with Crippen molar-refractivity contribution in [2.24, 2.45) is 7.05 Å². The van der Waals surface area contributed by atoms with E-state index in [1.807, 2.05) is 11.7 Å². The highest BCUT2D eigenvalue weighted by atomic mass is 35.5. The first-order valence-electron chi connectivity index (χ1n) is 7.40. The molecule has 0 aliphatic carbocycles. The minimum absolute atomic E-state index is 0.463. The first-order valence-corrected chi connectivity index (χ1v) is 10.1. The number of fused-ring (bicyclic) bond motifs is 1. The third-order valence-corrected chi connectivity index (χ3v) is 6.81. The van der Waals surface area contributed by atoms with Crippen LogP contribution in [0, 0.1) is 0 Å². The molecule has 1 unspecified atom stereocenters. The highest BCUT2D eigenvalue weighted by Gasteiger charge is 2.22. The van der Waals surface area contributed by atoms with E-state index in [0.717, 1.165) is 42.1 Å². The van der Waals surface area contributed by atoms with Gasteiger partial charge < -0.3 is 4.57 Å². The fraction of sp³-hybridized carbons (Fsp3) is 0.714. The van der Waals surface area contributed by atoms with Crippen molar-refractivity contribution in [3.8, 4) is 0 Å². The van der Waals surface area contributed by atoms with Gasteiger partial charge in [0.05, 0.1) is 11.6 Å². The van der Waals surface area contributed by atoms with Gasteiger partial charge in [-0.1, -0.05) is 13.3 Å². The summed E-state index contributed by atoms with van der Waals surface area (Å²) >= 11 is 10.3. The summed E-state index contributed by atoms with van der Waals surface area (Å²) in [5.74, 6) is 5.18. The Hall–Kier alpha value is -0.330. The molecule has 3 rings (SSSR count). The molecular weight excluding hydrogens is 324 g/mol. The monoisotopic (exact) mass is 344 g/mol. The van der Waals surface area contributed by atoms with E-state index in [0.29, 0.717) is 11.1 Å². The van der Waals surface area contributed by atoms with Gasteiger partial charge in [-0.2, -0.15) is 28.6 Å². The Morgan fingerprint density at radius 1 is 1.38 bits per heavy atom. The molecule has 1 fully saturated rings. The molecular formula is C14H21ClN4S2. The Labute approximate surface area is 139 Å². The van der Waals surface area contributed by atoms with Crippen molar-refractivity contribution in [3.63, 3.8) is 0 Å². The number of aryl methyl sites for hydroxylation is 2. The molecule has 2 aromatic rings. The predicted molar refractivity (Wildman–Crippen MR) is 93.6 cm³/mol. The topological polar surface area (TPSA) is 35.6 Å². The lowest BCUT2D eigenvalue weighted by Crippen LogP contribution is -2.22. The Morgan fingerprint density at radius 2 is 2.24 bits per heavy atom. The van der Waals surface area contributed by atoms with E-state index in [-0.39, 0.29) is 0 Å². The van der Waals surface area contributed by atoms with Crippen molar-refractivity contribution >= 4 is 46.3 Å². The predicted octanol–water partition coefficient (Wildman–Crippen LogP) is 3.31. The number of alkyl halides is 1. The summed E-state index contributed by atoms with van der Waals surface area (Å²) in [6, 6.07) is 0. The number of hydrogen-bond acceptors (Lipinski definition) is 4. The molecule has 4 nitrogen and oxygen atoms in total. The van der Waals surface area contributed by atoms with Crippen LogP contribution in [-0.4, -0.2) is 41.8 Å². The molecule has 116 valence electrons. The normalized spacial score (nSPS) is 19.5. The summed E-state index contributed by atoms with van der Waals surface area (Å²) in [5, 5.41) is 5.29. The number of nitrogens with zero attached hydrogens (tertiary/aromatic N) is 4. The van der Waals surface area contributed by atoms with Crippen LogP contribution in [0.25, 0.3) is 11.2 Å². The average Bonchev–Trinajstić information content (AvgIpc) is 3.00. The Kier molecular flexibility index (Phi) is 5.07. The molecule has 0 aromatic carbocycles. The minimum Gasteiger partial charge on any atom is -0.311 e. The zero-order valence-corrected chi connectivity index (χ0v) is 14.9. The zero-order valence-electron chi connectivity index (χ0n) is 12.5. The van der Waals surface area contributed by atoms with E-state index in [1.54, 1.807) is 0 Å². The molecule has 0 amide bonds. The number of aromatic nitrogens is 4. The molecule has 0 saturated carbocycles. The van der Waals surface area contributed by atoms with Crippen molar-refractivity contribution in [2.45, 2.75) is 37.4 Å². The highest BCUT2D eigenvalue weighted by molar-refractivity contribution is 8.06. The second kappa shape index (κ2) is 6.84. The maximum atomic E-state index is 6.13. The molecule has 1 saturated heterocycles. The Bertz CT molecular complexity index is 616. The van der Waals surface area contributed by atoms with Crippen LogP contribution in [0.2, 0.25) is 0 Å². The lowest BCUT2D eigenvalue weighted by molar-refractivity contribution is 0.647. The van der Waals surface area contributed by atoms with Crippen LogP contribution in [0.4, 0.5) is 0 Å². The lowest BCUT2D eigenvalue weighted by Gasteiger charge is -2.22. The average molecular weight is 345 g/mol. The van der Waals surface area contributed by atoms with E-state index in [2.05, 4.69) is 40.1 Å². The van der Waals surface area contributed by atoms with E-state index < -0.39 is 0 Å². The molecule has 0 N–H and O–H groups in total. The Balaban J connectivity index is 1.98. The molecule has 1 atom stereocenters. The third-order valence-electron chi connectivity index (χ3n) is 3.75. The van der Waals surface area contributed by atoms with Gasteiger partial charge in [-0.3, -0.25) is 4.68 Å². The maximum absolute atomic E-state index is 6.13. The van der Waals surface area contributed by atoms with Gasteiger partial charge >= 0.3 is 0 Å². The van der Waals surface area contributed by atoms with E-state index >= 15 is 0 Å². The zero-order chi connectivity index (χ0) is 14.8. The second-order valence-corrected chi connectivity index (χ2v) is 8.16. The molecule has 2 aromatic heterocycles. The Morgan fingerprint density at radius 3 is 2.90 bits per heavy atom. The summed E-state index contributed by atoms with van der Waals surface area (Å²) in [6.07, 6.45) is 2.06. The van der Waals surface area contributed by atoms with Crippen LogP contribution < -0.4 is 0 Å². The van der Waals surface area contributed by atoms with Gasteiger partial charge in [-0.25, -0.2) is 4.98 Å². The number of hydrogen-bond donors (Lipinski definition) is 0. The van der Waals surface area contributed by atoms with Crippen molar-refractivity contribution in [2.75, 3.05) is 17.3 Å². The number of imidazole rings is 1.